The molecule has 2 rings (SSSR count). The average molecular weight is 356 g/mol. The standard InChI is InChI=1S/C12H12Cl2FNO4S/c13-9-4-10(15)11(21(14,18)19)3-8(9)12(17)16-5-7-1-2-20-6-7/h3-4,7H,1-2,5-6H2,(H,16,17). The Balaban J connectivity index is 2.20. The lowest BCUT2D eigenvalue weighted by atomic mass is 10.1. The van der Waals surface area contributed by atoms with Gasteiger partial charge in [-0.05, 0) is 18.6 Å². The van der Waals surface area contributed by atoms with Gasteiger partial charge in [-0.25, -0.2) is 12.8 Å². The molecular formula is C12H12Cl2FNO4S. The molecule has 1 aromatic rings. The van der Waals surface area contributed by atoms with E-state index in [2.05, 4.69) is 5.32 Å². The second-order valence-corrected chi connectivity index (χ2v) is 7.58. The lowest BCUT2D eigenvalue weighted by Crippen LogP contribution is -2.29. The highest BCUT2D eigenvalue weighted by molar-refractivity contribution is 8.13. The monoisotopic (exact) mass is 355 g/mol. The van der Waals surface area contributed by atoms with Gasteiger partial charge >= 0.3 is 0 Å². The van der Waals surface area contributed by atoms with Crippen molar-refractivity contribution in [2.45, 2.75) is 11.3 Å². The molecule has 1 aromatic carbocycles. The van der Waals surface area contributed by atoms with Crippen LogP contribution in [0.15, 0.2) is 17.0 Å². The molecule has 1 aliphatic rings. The third kappa shape index (κ3) is 4.06. The summed E-state index contributed by atoms with van der Waals surface area (Å²) in [5.41, 5.74) is -0.142. The van der Waals surface area contributed by atoms with E-state index < -0.39 is 25.7 Å². The van der Waals surface area contributed by atoms with Crippen LogP contribution < -0.4 is 5.32 Å². The van der Waals surface area contributed by atoms with Gasteiger partial charge in [-0.3, -0.25) is 4.79 Å². The van der Waals surface area contributed by atoms with Gasteiger partial charge in [0.25, 0.3) is 15.0 Å². The van der Waals surface area contributed by atoms with E-state index in [1.165, 1.54) is 0 Å². The van der Waals surface area contributed by atoms with Crippen LogP contribution >= 0.6 is 22.3 Å². The minimum atomic E-state index is -4.30. The molecule has 0 saturated carbocycles. The van der Waals surface area contributed by atoms with Gasteiger partial charge in [-0.15, -0.1) is 0 Å². The van der Waals surface area contributed by atoms with Crippen molar-refractivity contribution in [3.05, 3.63) is 28.5 Å². The molecule has 0 aromatic heterocycles. The van der Waals surface area contributed by atoms with Gasteiger partial charge < -0.3 is 10.1 Å². The van der Waals surface area contributed by atoms with E-state index in [1.54, 1.807) is 0 Å². The smallest absolute Gasteiger partial charge is 0.264 e. The van der Waals surface area contributed by atoms with E-state index in [-0.39, 0.29) is 16.5 Å². The van der Waals surface area contributed by atoms with Crippen molar-refractivity contribution in [3.8, 4) is 0 Å². The van der Waals surface area contributed by atoms with Crippen LogP contribution in [-0.2, 0) is 13.8 Å². The Morgan fingerprint density at radius 3 is 2.76 bits per heavy atom. The maximum absolute atomic E-state index is 13.5. The normalized spacial score (nSPS) is 18.7. The first-order valence-corrected chi connectivity index (χ1v) is 8.77. The van der Waals surface area contributed by atoms with Crippen molar-refractivity contribution < 1.29 is 22.3 Å². The molecule has 1 unspecified atom stereocenters. The van der Waals surface area contributed by atoms with Gasteiger partial charge in [-0.1, -0.05) is 11.6 Å². The lowest BCUT2D eigenvalue weighted by molar-refractivity contribution is 0.0945. The Hall–Kier alpha value is -0.890. The molecule has 1 N–H and O–H groups in total. The number of hydrogen-bond acceptors (Lipinski definition) is 4. The molecule has 1 amide bonds. The minimum Gasteiger partial charge on any atom is -0.381 e. The number of benzene rings is 1. The molecule has 1 atom stereocenters. The summed E-state index contributed by atoms with van der Waals surface area (Å²) >= 11 is 5.78. The van der Waals surface area contributed by atoms with Gasteiger partial charge in [0.2, 0.25) is 0 Å². The van der Waals surface area contributed by atoms with Crippen LogP contribution in [-0.4, -0.2) is 34.1 Å². The molecule has 0 radical (unpaired) electrons. The van der Waals surface area contributed by atoms with Gasteiger partial charge in [0.1, 0.15) is 10.7 Å². The number of halogens is 3. The molecule has 21 heavy (non-hydrogen) atoms. The van der Waals surface area contributed by atoms with E-state index >= 15 is 0 Å². The maximum Gasteiger partial charge on any atom is 0.264 e. The Bertz CT molecular complexity index is 659. The Morgan fingerprint density at radius 2 is 2.19 bits per heavy atom. The second-order valence-electron chi connectivity index (χ2n) is 4.64. The molecule has 1 heterocycles. The zero-order valence-electron chi connectivity index (χ0n) is 10.7. The van der Waals surface area contributed by atoms with Crippen LogP contribution in [0.25, 0.3) is 0 Å². The fourth-order valence-corrected chi connectivity index (χ4v) is 3.11. The van der Waals surface area contributed by atoms with Crippen LogP contribution in [0, 0.1) is 11.7 Å². The highest BCUT2D eigenvalue weighted by Crippen LogP contribution is 2.26. The van der Waals surface area contributed by atoms with E-state index in [0.717, 1.165) is 18.6 Å². The third-order valence-electron chi connectivity index (χ3n) is 3.10. The molecule has 1 saturated heterocycles. The van der Waals surface area contributed by atoms with Gasteiger partial charge in [0.05, 0.1) is 17.2 Å². The Labute approximate surface area is 130 Å². The third-order valence-corrected chi connectivity index (χ3v) is 4.75. The largest absolute Gasteiger partial charge is 0.381 e. The molecular weight excluding hydrogens is 344 g/mol. The molecule has 1 aliphatic heterocycles. The topological polar surface area (TPSA) is 72.5 Å². The SMILES string of the molecule is O=C(NCC1CCOC1)c1cc(S(=O)(=O)Cl)c(F)cc1Cl. The quantitative estimate of drug-likeness (QED) is 0.840. The number of nitrogens with one attached hydrogen (secondary N) is 1. The van der Waals surface area contributed by atoms with Crippen molar-refractivity contribution in [2.24, 2.45) is 5.92 Å². The summed E-state index contributed by atoms with van der Waals surface area (Å²) in [6.07, 6.45) is 0.832. The van der Waals surface area contributed by atoms with Crippen LogP contribution in [0.1, 0.15) is 16.8 Å². The van der Waals surface area contributed by atoms with Crippen molar-refractivity contribution in [1.82, 2.24) is 5.32 Å². The first-order chi connectivity index (χ1) is 9.79. The first-order valence-electron chi connectivity index (χ1n) is 6.08. The highest BCUT2D eigenvalue weighted by Gasteiger charge is 2.23. The zero-order chi connectivity index (χ0) is 15.6. The van der Waals surface area contributed by atoms with E-state index in [4.69, 9.17) is 27.0 Å². The summed E-state index contributed by atoms with van der Waals surface area (Å²) in [6, 6.07) is 1.59. The van der Waals surface area contributed by atoms with Crippen molar-refractivity contribution >= 4 is 37.2 Å². The molecule has 0 aliphatic carbocycles. The number of rotatable bonds is 4. The maximum atomic E-state index is 13.5. The molecule has 5 nitrogen and oxygen atoms in total. The predicted molar refractivity (Wildman–Crippen MR) is 75.7 cm³/mol. The van der Waals surface area contributed by atoms with Gasteiger partial charge in [0, 0.05) is 29.8 Å². The summed E-state index contributed by atoms with van der Waals surface area (Å²) in [4.78, 5) is 11.2. The highest BCUT2D eigenvalue weighted by atomic mass is 35.7. The van der Waals surface area contributed by atoms with Crippen molar-refractivity contribution in [3.63, 3.8) is 0 Å². The van der Waals surface area contributed by atoms with Crippen LogP contribution in [0.2, 0.25) is 5.02 Å². The minimum absolute atomic E-state index is 0.142. The average Bonchev–Trinajstić information content (AvgIpc) is 2.87. The molecule has 116 valence electrons. The van der Waals surface area contributed by atoms with Crippen molar-refractivity contribution in [1.29, 1.82) is 0 Å². The lowest BCUT2D eigenvalue weighted by Gasteiger charge is -2.11. The Kier molecular flexibility index (Phi) is 5.08. The predicted octanol–water partition coefficient (Wildman–Crippen LogP) is 2.17. The van der Waals surface area contributed by atoms with Gasteiger partial charge in [0.15, 0.2) is 0 Å². The Morgan fingerprint density at radius 1 is 1.48 bits per heavy atom. The van der Waals surface area contributed by atoms with Crippen LogP contribution in [0.5, 0.6) is 0 Å². The molecule has 0 bridgehead atoms. The van der Waals surface area contributed by atoms with E-state index in [1.807, 2.05) is 0 Å². The van der Waals surface area contributed by atoms with E-state index in [9.17, 15) is 17.6 Å². The van der Waals surface area contributed by atoms with Crippen molar-refractivity contribution in [2.75, 3.05) is 19.8 Å². The van der Waals surface area contributed by atoms with Crippen LogP contribution in [0.4, 0.5) is 4.39 Å². The first kappa shape index (κ1) is 16.5. The number of hydrogen-bond donors (Lipinski definition) is 1. The second kappa shape index (κ2) is 6.48. The number of amides is 1. The fourth-order valence-electron chi connectivity index (χ4n) is 1.97. The summed E-state index contributed by atoms with van der Waals surface area (Å²) in [5.74, 6) is -1.49. The number of ether oxygens (including phenoxy) is 1. The van der Waals surface area contributed by atoms with Crippen LogP contribution in [0.3, 0.4) is 0 Å². The summed E-state index contributed by atoms with van der Waals surface area (Å²) in [5, 5.41) is 2.43. The van der Waals surface area contributed by atoms with Gasteiger partial charge in [-0.2, -0.15) is 0 Å². The molecule has 0 spiro atoms. The number of carbonyl (C=O) groups is 1. The number of carbonyl (C=O) groups excluding carboxylic acids is 1. The summed E-state index contributed by atoms with van der Waals surface area (Å²) < 4.78 is 41.2. The zero-order valence-corrected chi connectivity index (χ0v) is 13.1. The summed E-state index contributed by atoms with van der Waals surface area (Å²) in [7, 11) is 0.816. The molecule has 1 fully saturated rings. The van der Waals surface area contributed by atoms with E-state index in [0.29, 0.717) is 19.8 Å². The fraction of sp³-hybridized carbons (Fsp3) is 0.417. The molecule has 9 heteroatoms. The summed E-state index contributed by atoms with van der Waals surface area (Å²) in [6.45, 7) is 1.57.